The van der Waals surface area contributed by atoms with Gasteiger partial charge in [-0.1, -0.05) is 0 Å². The summed E-state index contributed by atoms with van der Waals surface area (Å²) in [6.45, 7) is 7.98. The summed E-state index contributed by atoms with van der Waals surface area (Å²) >= 11 is 0. The molecule has 16 heavy (non-hydrogen) atoms. The number of urea groups is 1. The van der Waals surface area contributed by atoms with E-state index in [1.54, 1.807) is 0 Å². The van der Waals surface area contributed by atoms with E-state index < -0.39 is 0 Å². The summed E-state index contributed by atoms with van der Waals surface area (Å²) < 4.78 is 0. The second kappa shape index (κ2) is 5.73. The van der Waals surface area contributed by atoms with Gasteiger partial charge >= 0.3 is 6.03 Å². The van der Waals surface area contributed by atoms with E-state index in [0.29, 0.717) is 12.1 Å². The smallest absolute Gasteiger partial charge is 0.320 e. The van der Waals surface area contributed by atoms with Gasteiger partial charge in [-0.15, -0.1) is 12.4 Å². The molecule has 5 heteroatoms. The van der Waals surface area contributed by atoms with E-state index in [1.807, 2.05) is 9.80 Å². The molecule has 4 nitrogen and oxygen atoms in total. The van der Waals surface area contributed by atoms with Crippen LogP contribution in [0.1, 0.15) is 26.7 Å². The monoisotopic (exact) mass is 247 g/mol. The zero-order valence-corrected chi connectivity index (χ0v) is 10.9. The van der Waals surface area contributed by atoms with Crippen LogP contribution in [0.5, 0.6) is 0 Å². The molecule has 2 unspecified atom stereocenters. The lowest BCUT2D eigenvalue weighted by molar-refractivity contribution is 0.106. The van der Waals surface area contributed by atoms with Gasteiger partial charge in [0.15, 0.2) is 0 Å². The number of amides is 2. The molecule has 0 radical (unpaired) electrons. The number of likely N-dealkylation sites (tertiary alicyclic amines) is 1. The minimum Gasteiger partial charge on any atom is -0.325 e. The molecule has 0 saturated carbocycles. The highest BCUT2D eigenvalue weighted by atomic mass is 35.5. The largest absolute Gasteiger partial charge is 0.325 e. The first-order chi connectivity index (χ1) is 7.20. The highest BCUT2D eigenvalue weighted by molar-refractivity contribution is 5.85. The van der Waals surface area contributed by atoms with E-state index in [9.17, 15) is 4.79 Å². The predicted octanol–water partition coefficient (Wildman–Crippen LogP) is 1.31. The number of carbonyl (C=O) groups is 1. The number of nitrogens with one attached hydrogen (secondary N) is 1. The maximum Gasteiger partial charge on any atom is 0.320 e. The molecule has 2 saturated heterocycles. The standard InChI is InChI=1S/C11H21N3O.ClH/c1-9-7-12-8-10(2)14(9)11(15)13-5-3-4-6-13;/h9-10,12H,3-8H2,1-2H3;1H. The molecule has 1 N–H and O–H groups in total. The Hall–Kier alpha value is -0.480. The van der Waals surface area contributed by atoms with E-state index in [4.69, 9.17) is 0 Å². The van der Waals surface area contributed by atoms with Crippen LogP contribution in [0.15, 0.2) is 0 Å². The van der Waals surface area contributed by atoms with Crippen molar-refractivity contribution in [1.29, 1.82) is 0 Å². The zero-order valence-electron chi connectivity index (χ0n) is 10.1. The Bertz CT molecular complexity index is 233. The number of piperazine rings is 1. The first kappa shape index (κ1) is 13.6. The Kier molecular flexibility index (Phi) is 4.87. The summed E-state index contributed by atoms with van der Waals surface area (Å²) in [7, 11) is 0. The second-order valence-electron chi connectivity index (χ2n) is 4.74. The van der Waals surface area contributed by atoms with Crippen molar-refractivity contribution in [2.45, 2.75) is 38.8 Å². The molecule has 2 aliphatic heterocycles. The Balaban J connectivity index is 0.00000128. The van der Waals surface area contributed by atoms with Crippen molar-refractivity contribution < 1.29 is 4.79 Å². The van der Waals surface area contributed by atoms with Crippen molar-refractivity contribution in [2.75, 3.05) is 26.2 Å². The molecule has 2 aliphatic rings. The molecule has 2 rings (SSSR count). The Labute approximate surface area is 104 Å². The molecule has 2 amide bonds. The van der Waals surface area contributed by atoms with Crippen LogP contribution >= 0.6 is 12.4 Å². The lowest BCUT2D eigenvalue weighted by Gasteiger charge is -2.41. The highest BCUT2D eigenvalue weighted by Gasteiger charge is 2.32. The summed E-state index contributed by atoms with van der Waals surface area (Å²) in [6.07, 6.45) is 2.33. The van der Waals surface area contributed by atoms with Gasteiger partial charge in [0.05, 0.1) is 0 Å². The minimum absolute atomic E-state index is 0. The van der Waals surface area contributed by atoms with Crippen LogP contribution in [0, 0.1) is 0 Å². The number of halogens is 1. The van der Waals surface area contributed by atoms with Crippen molar-refractivity contribution in [3.63, 3.8) is 0 Å². The number of carbonyl (C=O) groups excluding carboxylic acids is 1. The normalized spacial score (nSPS) is 30.1. The average molecular weight is 248 g/mol. The van der Waals surface area contributed by atoms with Gasteiger partial charge in [-0.05, 0) is 26.7 Å². The lowest BCUT2D eigenvalue weighted by atomic mass is 10.1. The lowest BCUT2D eigenvalue weighted by Crippen LogP contribution is -2.60. The molecule has 2 heterocycles. The van der Waals surface area contributed by atoms with Crippen molar-refractivity contribution in [3.8, 4) is 0 Å². The minimum atomic E-state index is 0. The molecular formula is C11H22ClN3O. The summed E-state index contributed by atoms with van der Waals surface area (Å²) in [5.74, 6) is 0. The molecule has 2 atom stereocenters. The Morgan fingerprint density at radius 2 is 1.62 bits per heavy atom. The molecular weight excluding hydrogens is 226 g/mol. The van der Waals surface area contributed by atoms with Crippen LogP contribution in [-0.2, 0) is 0 Å². The molecule has 0 aromatic carbocycles. The van der Waals surface area contributed by atoms with Crippen molar-refractivity contribution in [2.24, 2.45) is 0 Å². The average Bonchev–Trinajstić information content (AvgIpc) is 2.69. The summed E-state index contributed by atoms with van der Waals surface area (Å²) in [5, 5.41) is 3.35. The maximum absolute atomic E-state index is 12.2. The fourth-order valence-electron chi connectivity index (χ4n) is 2.58. The Morgan fingerprint density at radius 1 is 1.12 bits per heavy atom. The maximum atomic E-state index is 12.2. The van der Waals surface area contributed by atoms with Gasteiger partial charge in [-0.25, -0.2) is 4.79 Å². The summed E-state index contributed by atoms with van der Waals surface area (Å²) in [6, 6.07) is 0.887. The van der Waals surface area contributed by atoms with Crippen molar-refractivity contribution >= 4 is 18.4 Å². The number of hydrogen-bond donors (Lipinski definition) is 1. The van der Waals surface area contributed by atoms with E-state index in [1.165, 1.54) is 12.8 Å². The molecule has 2 fully saturated rings. The highest BCUT2D eigenvalue weighted by Crippen LogP contribution is 2.16. The van der Waals surface area contributed by atoms with Crippen molar-refractivity contribution in [1.82, 2.24) is 15.1 Å². The molecule has 0 aliphatic carbocycles. The van der Waals surface area contributed by atoms with E-state index in [-0.39, 0.29) is 18.4 Å². The van der Waals surface area contributed by atoms with E-state index >= 15 is 0 Å². The van der Waals surface area contributed by atoms with Crippen LogP contribution in [0.3, 0.4) is 0 Å². The zero-order chi connectivity index (χ0) is 10.8. The van der Waals surface area contributed by atoms with Gasteiger partial charge in [-0.3, -0.25) is 0 Å². The number of hydrogen-bond acceptors (Lipinski definition) is 2. The number of rotatable bonds is 0. The predicted molar refractivity (Wildman–Crippen MR) is 67.1 cm³/mol. The van der Waals surface area contributed by atoms with Crippen LogP contribution < -0.4 is 5.32 Å². The van der Waals surface area contributed by atoms with E-state index in [2.05, 4.69) is 19.2 Å². The molecule has 0 aromatic rings. The fourth-order valence-corrected chi connectivity index (χ4v) is 2.58. The van der Waals surface area contributed by atoms with Gasteiger partial charge in [0, 0.05) is 38.3 Å². The van der Waals surface area contributed by atoms with Gasteiger partial charge in [-0.2, -0.15) is 0 Å². The quantitative estimate of drug-likeness (QED) is 0.701. The number of nitrogens with zero attached hydrogens (tertiary/aromatic N) is 2. The fraction of sp³-hybridized carbons (Fsp3) is 0.909. The van der Waals surface area contributed by atoms with Crippen LogP contribution in [0.25, 0.3) is 0 Å². The third kappa shape index (κ3) is 2.61. The second-order valence-corrected chi connectivity index (χ2v) is 4.74. The van der Waals surface area contributed by atoms with Crippen LogP contribution in [-0.4, -0.2) is 54.1 Å². The van der Waals surface area contributed by atoms with Gasteiger partial charge < -0.3 is 15.1 Å². The van der Waals surface area contributed by atoms with E-state index in [0.717, 1.165) is 26.2 Å². The van der Waals surface area contributed by atoms with Gasteiger partial charge in [0.1, 0.15) is 0 Å². The molecule has 0 spiro atoms. The first-order valence-corrected chi connectivity index (χ1v) is 5.98. The molecule has 94 valence electrons. The van der Waals surface area contributed by atoms with Crippen LogP contribution in [0.2, 0.25) is 0 Å². The first-order valence-electron chi connectivity index (χ1n) is 5.98. The van der Waals surface area contributed by atoms with Gasteiger partial charge in [0.2, 0.25) is 0 Å². The SMILES string of the molecule is CC1CNCC(C)N1C(=O)N1CCCC1.Cl. The third-order valence-electron chi connectivity index (χ3n) is 3.43. The van der Waals surface area contributed by atoms with Crippen molar-refractivity contribution in [3.05, 3.63) is 0 Å². The third-order valence-corrected chi connectivity index (χ3v) is 3.43. The topological polar surface area (TPSA) is 35.6 Å². The van der Waals surface area contributed by atoms with Gasteiger partial charge in [0.25, 0.3) is 0 Å². The molecule has 0 bridgehead atoms. The summed E-state index contributed by atoms with van der Waals surface area (Å²) in [4.78, 5) is 16.3. The van der Waals surface area contributed by atoms with Crippen LogP contribution in [0.4, 0.5) is 4.79 Å². The Morgan fingerprint density at radius 3 is 2.12 bits per heavy atom. The molecule has 0 aromatic heterocycles. The summed E-state index contributed by atoms with van der Waals surface area (Å²) in [5.41, 5.74) is 0.